The highest BCUT2D eigenvalue weighted by molar-refractivity contribution is 7.99. The zero-order chi connectivity index (χ0) is 13.4. The normalized spacial score (nSPS) is 12.2. The summed E-state index contributed by atoms with van der Waals surface area (Å²) in [6, 6.07) is 7.46. The molecule has 1 unspecified atom stereocenters. The van der Waals surface area contributed by atoms with E-state index in [2.05, 4.69) is 5.32 Å². The Balaban J connectivity index is 2.22. The van der Waals surface area contributed by atoms with Crippen molar-refractivity contribution in [2.24, 2.45) is 0 Å². The van der Waals surface area contributed by atoms with Crippen LogP contribution in [0.15, 0.2) is 29.2 Å². The van der Waals surface area contributed by atoms with Crippen molar-refractivity contribution in [3.05, 3.63) is 29.3 Å². The number of hydrogen-bond acceptors (Lipinski definition) is 4. The minimum atomic E-state index is -0.898. The van der Waals surface area contributed by atoms with Gasteiger partial charge in [-0.1, -0.05) is 23.7 Å². The molecular weight excluding hydrogens is 274 g/mol. The van der Waals surface area contributed by atoms with Crippen LogP contribution >= 0.6 is 23.4 Å². The first-order valence-electron chi connectivity index (χ1n) is 5.56. The Morgan fingerprint density at radius 3 is 2.83 bits per heavy atom. The molecule has 0 heterocycles. The maximum atomic E-state index is 11.4. The molecule has 0 bridgehead atoms. The van der Waals surface area contributed by atoms with Crippen molar-refractivity contribution in [3.8, 4) is 0 Å². The summed E-state index contributed by atoms with van der Waals surface area (Å²) in [5, 5.41) is 20.9. The zero-order valence-electron chi connectivity index (χ0n) is 9.80. The summed E-state index contributed by atoms with van der Waals surface area (Å²) in [6.07, 6.45) is -0.557. The molecule has 0 saturated carbocycles. The van der Waals surface area contributed by atoms with Crippen LogP contribution in [-0.2, 0) is 4.79 Å². The lowest BCUT2D eigenvalue weighted by Crippen LogP contribution is -2.33. The SMILES string of the molecule is O=C(CCSc1ccccc1Cl)NCC(O)CO. The van der Waals surface area contributed by atoms with Gasteiger partial charge in [-0.25, -0.2) is 0 Å². The van der Waals surface area contributed by atoms with Crippen molar-refractivity contribution in [2.45, 2.75) is 17.4 Å². The van der Waals surface area contributed by atoms with Gasteiger partial charge in [-0.3, -0.25) is 4.79 Å². The molecule has 0 aliphatic rings. The van der Waals surface area contributed by atoms with Gasteiger partial charge in [0.1, 0.15) is 0 Å². The monoisotopic (exact) mass is 289 g/mol. The predicted octanol–water partition coefficient (Wildman–Crippen LogP) is 1.29. The smallest absolute Gasteiger partial charge is 0.220 e. The van der Waals surface area contributed by atoms with E-state index < -0.39 is 6.10 Å². The molecule has 3 N–H and O–H groups in total. The van der Waals surface area contributed by atoms with Crippen molar-refractivity contribution in [1.29, 1.82) is 0 Å². The van der Waals surface area contributed by atoms with Gasteiger partial charge in [0.25, 0.3) is 0 Å². The minimum absolute atomic E-state index is 0.0755. The quantitative estimate of drug-likeness (QED) is 0.662. The number of hydrogen-bond donors (Lipinski definition) is 3. The summed E-state index contributed by atoms with van der Waals surface area (Å²) in [6.45, 7) is -0.277. The first kappa shape index (κ1) is 15.3. The average molecular weight is 290 g/mol. The summed E-state index contributed by atoms with van der Waals surface area (Å²) in [5.41, 5.74) is 0. The summed E-state index contributed by atoms with van der Waals surface area (Å²) < 4.78 is 0. The molecule has 0 saturated heterocycles. The van der Waals surface area contributed by atoms with Gasteiger partial charge in [0, 0.05) is 23.6 Å². The topological polar surface area (TPSA) is 69.6 Å². The third kappa shape index (κ3) is 5.73. The molecule has 0 aromatic heterocycles. The highest BCUT2D eigenvalue weighted by Crippen LogP contribution is 2.26. The number of benzene rings is 1. The van der Waals surface area contributed by atoms with E-state index in [4.69, 9.17) is 21.8 Å². The van der Waals surface area contributed by atoms with Gasteiger partial charge in [-0.05, 0) is 12.1 Å². The molecule has 4 nitrogen and oxygen atoms in total. The maximum Gasteiger partial charge on any atom is 0.220 e. The van der Waals surface area contributed by atoms with Crippen LogP contribution < -0.4 is 5.32 Å². The van der Waals surface area contributed by atoms with E-state index in [1.54, 1.807) is 0 Å². The lowest BCUT2D eigenvalue weighted by molar-refractivity contribution is -0.121. The van der Waals surface area contributed by atoms with Crippen LogP contribution in [0.4, 0.5) is 0 Å². The van der Waals surface area contributed by atoms with Gasteiger partial charge in [0.05, 0.1) is 17.7 Å². The van der Waals surface area contributed by atoms with Gasteiger partial charge < -0.3 is 15.5 Å². The van der Waals surface area contributed by atoms with E-state index in [0.29, 0.717) is 17.2 Å². The number of aliphatic hydroxyl groups is 2. The van der Waals surface area contributed by atoms with E-state index in [1.807, 2.05) is 24.3 Å². The summed E-state index contributed by atoms with van der Waals surface area (Å²) in [4.78, 5) is 12.3. The average Bonchev–Trinajstić information content (AvgIpc) is 2.38. The van der Waals surface area contributed by atoms with Gasteiger partial charge in [-0.15, -0.1) is 11.8 Å². The standard InChI is InChI=1S/C12H16ClNO3S/c13-10-3-1-2-4-11(10)18-6-5-12(17)14-7-9(16)8-15/h1-4,9,15-16H,5-8H2,(H,14,17). The molecule has 0 fully saturated rings. The number of aliphatic hydroxyl groups excluding tert-OH is 2. The van der Waals surface area contributed by atoms with Gasteiger partial charge in [0.2, 0.25) is 5.91 Å². The number of amides is 1. The van der Waals surface area contributed by atoms with Crippen LogP contribution in [0.3, 0.4) is 0 Å². The maximum absolute atomic E-state index is 11.4. The molecule has 0 aliphatic heterocycles. The van der Waals surface area contributed by atoms with Crippen molar-refractivity contribution in [1.82, 2.24) is 5.32 Å². The second-order valence-corrected chi connectivity index (χ2v) is 5.21. The second kappa shape index (κ2) is 8.37. The highest BCUT2D eigenvalue weighted by atomic mass is 35.5. The number of carbonyl (C=O) groups excluding carboxylic acids is 1. The summed E-state index contributed by atoms with van der Waals surface area (Å²) in [7, 11) is 0. The first-order valence-corrected chi connectivity index (χ1v) is 6.92. The zero-order valence-corrected chi connectivity index (χ0v) is 11.4. The largest absolute Gasteiger partial charge is 0.394 e. The Morgan fingerprint density at radius 2 is 2.17 bits per heavy atom. The Hall–Kier alpha value is -0.750. The number of carbonyl (C=O) groups is 1. The molecule has 0 aliphatic carbocycles. The molecule has 1 aromatic rings. The lowest BCUT2D eigenvalue weighted by Gasteiger charge is -2.09. The van der Waals surface area contributed by atoms with Gasteiger partial charge >= 0.3 is 0 Å². The second-order valence-electron chi connectivity index (χ2n) is 3.67. The number of rotatable bonds is 7. The van der Waals surface area contributed by atoms with Gasteiger partial charge in [0.15, 0.2) is 0 Å². The summed E-state index contributed by atoms with van der Waals surface area (Å²) >= 11 is 7.49. The van der Waals surface area contributed by atoms with E-state index in [-0.39, 0.29) is 19.1 Å². The Kier molecular flexibility index (Phi) is 7.12. The fraction of sp³-hybridized carbons (Fsp3) is 0.417. The molecule has 1 atom stereocenters. The Morgan fingerprint density at radius 1 is 1.44 bits per heavy atom. The van der Waals surface area contributed by atoms with Crippen LogP contribution in [0.5, 0.6) is 0 Å². The van der Waals surface area contributed by atoms with E-state index in [9.17, 15) is 4.79 Å². The molecule has 1 aromatic carbocycles. The highest BCUT2D eigenvalue weighted by Gasteiger charge is 2.06. The number of halogens is 1. The van der Waals surface area contributed by atoms with Crippen molar-refractivity contribution in [3.63, 3.8) is 0 Å². The van der Waals surface area contributed by atoms with Crippen molar-refractivity contribution < 1.29 is 15.0 Å². The lowest BCUT2D eigenvalue weighted by atomic mass is 10.3. The van der Waals surface area contributed by atoms with E-state index in [0.717, 1.165) is 4.90 Å². The van der Waals surface area contributed by atoms with Crippen LogP contribution in [0.2, 0.25) is 5.02 Å². The number of thioether (sulfide) groups is 1. The molecular formula is C12H16ClNO3S. The third-order valence-electron chi connectivity index (χ3n) is 2.17. The Labute approximate surface area is 115 Å². The summed E-state index contributed by atoms with van der Waals surface area (Å²) in [5.74, 6) is 0.465. The van der Waals surface area contributed by atoms with Crippen molar-refractivity contribution in [2.75, 3.05) is 18.9 Å². The van der Waals surface area contributed by atoms with Crippen LogP contribution in [0, 0.1) is 0 Å². The number of nitrogens with one attached hydrogen (secondary N) is 1. The first-order chi connectivity index (χ1) is 8.63. The third-order valence-corrected chi connectivity index (χ3v) is 3.69. The predicted molar refractivity (Wildman–Crippen MR) is 72.9 cm³/mol. The molecule has 1 rings (SSSR count). The minimum Gasteiger partial charge on any atom is -0.394 e. The molecule has 100 valence electrons. The molecule has 0 spiro atoms. The van der Waals surface area contributed by atoms with Crippen LogP contribution in [-0.4, -0.2) is 41.1 Å². The molecule has 18 heavy (non-hydrogen) atoms. The van der Waals surface area contributed by atoms with Crippen LogP contribution in [0.1, 0.15) is 6.42 Å². The van der Waals surface area contributed by atoms with Gasteiger partial charge in [-0.2, -0.15) is 0 Å². The van der Waals surface area contributed by atoms with E-state index >= 15 is 0 Å². The molecule has 0 radical (unpaired) electrons. The van der Waals surface area contributed by atoms with Crippen molar-refractivity contribution >= 4 is 29.3 Å². The molecule has 6 heteroatoms. The fourth-order valence-electron chi connectivity index (χ4n) is 1.20. The molecule has 1 amide bonds. The van der Waals surface area contributed by atoms with E-state index in [1.165, 1.54) is 11.8 Å². The van der Waals surface area contributed by atoms with Crippen LogP contribution in [0.25, 0.3) is 0 Å². The Bertz CT molecular complexity index is 389. The fourth-order valence-corrected chi connectivity index (χ4v) is 2.39.